The summed E-state index contributed by atoms with van der Waals surface area (Å²) >= 11 is 0. The molecular formula is C16H21N3. The Morgan fingerprint density at radius 3 is 2.53 bits per heavy atom. The average molecular weight is 255 g/mol. The van der Waals surface area contributed by atoms with Gasteiger partial charge in [0.15, 0.2) is 0 Å². The van der Waals surface area contributed by atoms with Crippen LogP contribution in [0.25, 0.3) is 11.3 Å². The smallest absolute Gasteiger partial charge is 0.133 e. The van der Waals surface area contributed by atoms with E-state index in [0.717, 1.165) is 23.9 Å². The quantitative estimate of drug-likeness (QED) is 0.897. The standard InChI is InChI=1S/C16H21N3/c1-5-17-15-10-14(18-16(19-15)11(2)3)13-9-7-6-8-12(13)4/h6-11H,5H2,1-4H3,(H,17,18,19). The highest BCUT2D eigenvalue weighted by Gasteiger charge is 2.10. The third kappa shape index (κ3) is 3.11. The van der Waals surface area contributed by atoms with E-state index in [-0.39, 0.29) is 0 Å². The third-order valence-corrected chi connectivity index (χ3v) is 3.04. The highest BCUT2D eigenvalue weighted by Crippen LogP contribution is 2.25. The third-order valence-electron chi connectivity index (χ3n) is 3.04. The molecule has 0 bridgehead atoms. The number of aryl methyl sites for hydroxylation is 1. The minimum atomic E-state index is 0.321. The number of hydrogen-bond acceptors (Lipinski definition) is 3. The summed E-state index contributed by atoms with van der Waals surface area (Å²) in [4.78, 5) is 9.25. The molecule has 0 aliphatic rings. The summed E-state index contributed by atoms with van der Waals surface area (Å²) in [6.45, 7) is 9.28. The molecule has 0 aliphatic carbocycles. The van der Waals surface area contributed by atoms with E-state index in [2.05, 4.69) is 56.2 Å². The van der Waals surface area contributed by atoms with E-state index >= 15 is 0 Å². The van der Waals surface area contributed by atoms with Crippen molar-refractivity contribution in [3.63, 3.8) is 0 Å². The van der Waals surface area contributed by atoms with E-state index in [0.29, 0.717) is 5.92 Å². The molecule has 1 aromatic carbocycles. The van der Waals surface area contributed by atoms with Crippen LogP contribution in [0.15, 0.2) is 30.3 Å². The highest BCUT2D eigenvalue weighted by atomic mass is 15.0. The fourth-order valence-corrected chi connectivity index (χ4v) is 1.99. The molecule has 100 valence electrons. The van der Waals surface area contributed by atoms with Gasteiger partial charge in [-0.25, -0.2) is 9.97 Å². The van der Waals surface area contributed by atoms with Gasteiger partial charge in [-0.3, -0.25) is 0 Å². The molecule has 19 heavy (non-hydrogen) atoms. The molecule has 2 aromatic rings. The molecule has 1 heterocycles. The second kappa shape index (κ2) is 5.83. The SMILES string of the molecule is CCNc1cc(-c2ccccc2C)nc(C(C)C)n1. The van der Waals surface area contributed by atoms with Crippen molar-refractivity contribution in [2.75, 3.05) is 11.9 Å². The molecule has 0 saturated heterocycles. The Morgan fingerprint density at radius 2 is 1.89 bits per heavy atom. The monoisotopic (exact) mass is 255 g/mol. The van der Waals surface area contributed by atoms with Crippen LogP contribution in [0, 0.1) is 6.92 Å². The first-order valence-electron chi connectivity index (χ1n) is 6.80. The van der Waals surface area contributed by atoms with Gasteiger partial charge in [0.2, 0.25) is 0 Å². The molecule has 0 spiro atoms. The first-order chi connectivity index (χ1) is 9.11. The molecule has 2 rings (SSSR count). The number of anilines is 1. The van der Waals surface area contributed by atoms with Crippen LogP contribution < -0.4 is 5.32 Å². The molecule has 0 aliphatic heterocycles. The van der Waals surface area contributed by atoms with E-state index < -0.39 is 0 Å². The van der Waals surface area contributed by atoms with Crippen molar-refractivity contribution >= 4 is 5.82 Å². The minimum Gasteiger partial charge on any atom is -0.370 e. The molecule has 1 aromatic heterocycles. The zero-order valence-corrected chi connectivity index (χ0v) is 12.1. The molecule has 1 N–H and O–H groups in total. The van der Waals surface area contributed by atoms with Gasteiger partial charge < -0.3 is 5.32 Å². The lowest BCUT2D eigenvalue weighted by atomic mass is 10.1. The fourth-order valence-electron chi connectivity index (χ4n) is 1.99. The first kappa shape index (κ1) is 13.5. The van der Waals surface area contributed by atoms with Gasteiger partial charge in [0, 0.05) is 24.1 Å². The number of nitrogens with zero attached hydrogens (tertiary/aromatic N) is 2. The highest BCUT2D eigenvalue weighted by molar-refractivity contribution is 5.66. The van der Waals surface area contributed by atoms with E-state index in [1.807, 2.05) is 12.1 Å². The Kier molecular flexibility index (Phi) is 4.15. The summed E-state index contributed by atoms with van der Waals surface area (Å²) in [5.74, 6) is 2.11. The zero-order chi connectivity index (χ0) is 13.8. The van der Waals surface area contributed by atoms with Crippen LogP contribution in [-0.4, -0.2) is 16.5 Å². The molecule has 0 unspecified atom stereocenters. The molecule has 0 amide bonds. The number of hydrogen-bond donors (Lipinski definition) is 1. The van der Waals surface area contributed by atoms with Crippen LogP contribution >= 0.6 is 0 Å². The summed E-state index contributed by atoms with van der Waals surface area (Å²) < 4.78 is 0. The van der Waals surface area contributed by atoms with Crippen LogP contribution in [0.1, 0.15) is 38.1 Å². The Labute approximate surface area is 115 Å². The number of rotatable bonds is 4. The van der Waals surface area contributed by atoms with Crippen LogP contribution in [0.3, 0.4) is 0 Å². The van der Waals surface area contributed by atoms with Crippen LogP contribution in [0.5, 0.6) is 0 Å². The summed E-state index contributed by atoms with van der Waals surface area (Å²) in [6.07, 6.45) is 0. The van der Waals surface area contributed by atoms with Gasteiger partial charge in [0.1, 0.15) is 11.6 Å². The van der Waals surface area contributed by atoms with Crippen LogP contribution in [0.4, 0.5) is 5.82 Å². The largest absolute Gasteiger partial charge is 0.370 e. The Bertz CT molecular complexity index is 562. The van der Waals surface area contributed by atoms with Gasteiger partial charge in [-0.15, -0.1) is 0 Å². The van der Waals surface area contributed by atoms with Gasteiger partial charge in [-0.2, -0.15) is 0 Å². The molecule has 0 fully saturated rings. The van der Waals surface area contributed by atoms with Gasteiger partial charge in [-0.05, 0) is 19.4 Å². The molecule has 3 heteroatoms. The predicted octanol–water partition coefficient (Wildman–Crippen LogP) is 4.01. The van der Waals surface area contributed by atoms with E-state index in [4.69, 9.17) is 4.98 Å². The second-order valence-electron chi connectivity index (χ2n) is 5.00. The zero-order valence-electron chi connectivity index (χ0n) is 12.1. The molecule has 0 saturated carbocycles. The Balaban J connectivity index is 2.53. The van der Waals surface area contributed by atoms with Crippen molar-refractivity contribution in [3.8, 4) is 11.3 Å². The minimum absolute atomic E-state index is 0.321. The molecule has 3 nitrogen and oxygen atoms in total. The summed E-state index contributed by atoms with van der Waals surface area (Å²) in [6, 6.07) is 10.3. The van der Waals surface area contributed by atoms with Crippen LogP contribution in [-0.2, 0) is 0 Å². The van der Waals surface area contributed by atoms with Crippen molar-refractivity contribution in [1.29, 1.82) is 0 Å². The number of benzene rings is 1. The van der Waals surface area contributed by atoms with Gasteiger partial charge in [-0.1, -0.05) is 38.1 Å². The lowest BCUT2D eigenvalue weighted by Crippen LogP contribution is -2.06. The molecule has 0 radical (unpaired) electrons. The summed E-state index contributed by atoms with van der Waals surface area (Å²) in [5.41, 5.74) is 3.40. The number of aromatic nitrogens is 2. The van der Waals surface area contributed by atoms with Crippen molar-refractivity contribution in [2.24, 2.45) is 0 Å². The Morgan fingerprint density at radius 1 is 1.16 bits per heavy atom. The predicted molar refractivity (Wildman–Crippen MR) is 80.5 cm³/mol. The second-order valence-corrected chi connectivity index (χ2v) is 5.00. The van der Waals surface area contributed by atoms with Crippen molar-refractivity contribution in [3.05, 3.63) is 41.7 Å². The lowest BCUT2D eigenvalue weighted by Gasteiger charge is -2.12. The fraction of sp³-hybridized carbons (Fsp3) is 0.375. The van der Waals surface area contributed by atoms with Gasteiger partial charge in [0.05, 0.1) is 5.69 Å². The van der Waals surface area contributed by atoms with E-state index in [1.165, 1.54) is 11.1 Å². The first-order valence-corrected chi connectivity index (χ1v) is 6.80. The normalized spacial score (nSPS) is 10.8. The van der Waals surface area contributed by atoms with Crippen molar-refractivity contribution in [2.45, 2.75) is 33.6 Å². The molecule has 0 atom stereocenters. The number of nitrogens with one attached hydrogen (secondary N) is 1. The maximum absolute atomic E-state index is 4.70. The van der Waals surface area contributed by atoms with Crippen molar-refractivity contribution < 1.29 is 0 Å². The Hall–Kier alpha value is -1.90. The molecular weight excluding hydrogens is 234 g/mol. The van der Waals surface area contributed by atoms with Crippen molar-refractivity contribution in [1.82, 2.24) is 9.97 Å². The maximum Gasteiger partial charge on any atom is 0.133 e. The van der Waals surface area contributed by atoms with Crippen LogP contribution in [0.2, 0.25) is 0 Å². The van der Waals surface area contributed by atoms with E-state index in [1.54, 1.807) is 0 Å². The van der Waals surface area contributed by atoms with Gasteiger partial charge >= 0.3 is 0 Å². The van der Waals surface area contributed by atoms with E-state index in [9.17, 15) is 0 Å². The lowest BCUT2D eigenvalue weighted by molar-refractivity contribution is 0.776. The van der Waals surface area contributed by atoms with Gasteiger partial charge in [0.25, 0.3) is 0 Å². The summed E-state index contributed by atoms with van der Waals surface area (Å²) in [7, 11) is 0. The summed E-state index contributed by atoms with van der Waals surface area (Å²) in [5, 5.41) is 3.28. The average Bonchev–Trinajstić information content (AvgIpc) is 2.39. The topological polar surface area (TPSA) is 37.8 Å². The maximum atomic E-state index is 4.70.